The van der Waals surface area contributed by atoms with E-state index in [1.807, 2.05) is 25.7 Å². The molecule has 7 heteroatoms. The van der Waals surface area contributed by atoms with Gasteiger partial charge in [0.2, 0.25) is 0 Å². The highest BCUT2D eigenvalue weighted by Gasteiger charge is 2.50. The molecule has 0 N–H and O–H groups in total. The Labute approximate surface area is 144 Å². The van der Waals surface area contributed by atoms with E-state index in [4.69, 9.17) is 23.8 Å². The number of hydrogen-bond acceptors (Lipinski definition) is 3. The Balaban J connectivity index is 2.43. The molecular formula is C15H18ClFN2OS2. The van der Waals surface area contributed by atoms with Gasteiger partial charge in [-0.25, -0.2) is 4.39 Å². The third kappa shape index (κ3) is 3.39. The molecule has 3 nitrogen and oxygen atoms in total. The molecule has 0 aliphatic carbocycles. The van der Waals surface area contributed by atoms with Crippen molar-refractivity contribution in [2.75, 3.05) is 6.54 Å². The molecule has 1 aliphatic rings. The van der Waals surface area contributed by atoms with Crippen LogP contribution < -0.4 is 0 Å². The Morgan fingerprint density at radius 3 is 2.82 bits per heavy atom. The van der Waals surface area contributed by atoms with Crippen LogP contribution in [0, 0.1) is 11.0 Å². The summed E-state index contributed by atoms with van der Waals surface area (Å²) in [7, 11) is 0. The molecule has 0 aromatic heterocycles. The van der Waals surface area contributed by atoms with Crippen LogP contribution >= 0.6 is 35.6 Å². The van der Waals surface area contributed by atoms with Crippen LogP contribution in [0.15, 0.2) is 18.2 Å². The van der Waals surface area contributed by atoms with Gasteiger partial charge >= 0.3 is 0 Å². The summed E-state index contributed by atoms with van der Waals surface area (Å²) in [4.78, 5) is 1.90. The summed E-state index contributed by atoms with van der Waals surface area (Å²) in [6.07, 6.45) is 1.61. The van der Waals surface area contributed by atoms with E-state index in [2.05, 4.69) is 0 Å². The summed E-state index contributed by atoms with van der Waals surface area (Å²) in [5.74, 6) is -0.513. The Hall–Kier alpha value is -0.850. The fourth-order valence-corrected chi connectivity index (χ4v) is 4.68. The molecule has 0 bridgehead atoms. The molecule has 1 heterocycles. The minimum Gasteiger partial charge on any atom is -0.622 e. The molecule has 0 radical (unpaired) electrons. The van der Waals surface area contributed by atoms with Gasteiger partial charge in [-0.1, -0.05) is 48.6 Å². The van der Waals surface area contributed by atoms with Crippen molar-refractivity contribution in [3.8, 4) is 0 Å². The van der Waals surface area contributed by atoms with Crippen LogP contribution in [0.5, 0.6) is 0 Å². The quantitative estimate of drug-likeness (QED) is 0.264. The van der Waals surface area contributed by atoms with Crippen molar-refractivity contribution >= 4 is 46.1 Å². The number of thioether (sulfide) groups is 1. The van der Waals surface area contributed by atoms with E-state index in [9.17, 15) is 9.60 Å². The topological polar surface area (TPSA) is 29.3 Å². The molecule has 1 atom stereocenters. The first-order valence-electron chi connectivity index (χ1n) is 7.02. The molecule has 1 fully saturated rings. The highest BCUT2D eigenvalue weighted by Crippen LogP contribution is 2.41. The zero-order valence-corrected chi connectivity index (χ0v) is 15.1. The van der Waals surface area contributed by atoms with Crippen molar-refractivity contribution in [3.63, 3.8) is 0 Å². The van der Waals surface area contributed by atoms with Crippen LogP contribution in [-0.2, 0) is 0 Å². The summed E-state index contributed by atoms with van der Waals surface area (Å²) in [5, 5.41) is 12.9. The molecular weight excluding hydrogens is 343 g/mol. The van der Waals surface area contributed by atoms with Crippen molar-refractivity contribution < 1.29 is 9.13 Å². The molecule has 120 valence electrons. The lowest BCUT2D eigenvalue weighted by Crippen LogP contribution is -2.48. The van der Waals surface area contributed by atoms with Gasteiger partial charge in [-0.05, 0) is 32.4 Å². The molecule has 0 spiro atoms. The SMILES string of the molecule is CCCN1C(=S)SC(C)(C)C1/[N+]([O-])=C/c1c(F)cccc1Cl. The van der Waals surface area contributed by atoms with Crippen LogP contribution in [0.25, 0.3) is 0 Å². The highest BCUT2D eigenvalue weighted by atomic mass is 35.5. The fourth-order valence-electron chi connectivity index (χ4n) is 2.54. The smallest absolute Gasteiger partial charge is 0.254 e. The van der Waals surface area contributed by atoms with E-state index in [0.717, 1.165) is 11.2 Å². The van der Waals surface area contributed by atoms with E-state index in [-0.39, 0.29) is 15.3 Å². The lowest BCUT2D eigenvalue weighted by molar-refractivity contribution is -0.523. The first-order valence-corrected chi connectivity index (χ1v) is 8.62. The predicted molar refractivity (Wildman–Crippen MR) is 95.3 cm³/mol. The number of nitrogens with zero attached hydrogens (tertiary/aromatic N) is 2. The molecule has 2 rings (SSSR count). The van der Waals surface area contributed by atoms with Gasteiger partial charge in [0.05, 0.1) is 10.6 Å². The van der Waals surface area contributed by atoms with Crippen molar-refractivity contribution in [1.82, 2.24) is 4.90 Å². The minimum atomic E-state index is -0.513. The Bertz CT molecular complexity index is 601. The Kier molecular flexibility index (Phi) is 5.35. The summed E-state index contributed by atoms with van der Waals surface area (Å²) in [6.45, 7) is 6.65. The molecule has 0 saturated carbocycles. The van der Waals surface area contributed by atoms with Crippen molar-refractivity contribution in [1.29, 1.82) is 0 Å². The fraction of sp³-hybridized carbons (Fsp3) is 0.467. The highest BCUT2D eigenvalue weighted by molar-refractivity contribution is 8.24. The zero-order chi connectivity index (χ0) is 16.5. The first-order chi connectivity index (χ1) is 10.3. The molecule has 0 amide bonds. The summed E-state index contributed by atoms with van der Waals surface area (Å²) >= 11 is 12.9. The van der Waals surface area contributed by atoms with Crippen molar-refractivity contribution in [2.24, 2.45) is 0 Å². The number of benzene rings is 1. The van der Waals surface area contributed by atoms with Crippen molar-refractivity contribution in [2.45, 2.75) is 38.1 Å². The molecule has 22 heavy (non-hydrogen) atoms. The number of rotatable bonds is 4. The maximum atomic E-state index is 13.9. The van der Waals surface area contributed by atoms with Gasteiger partial charge in [0, 0.05) is 6.54 Å². The van der Waals surface area contributed by atoms with Crippen LogP contribution in [0.2, 0.25) is 5.02 Å². The molecule has 1 aliphatic heterocycles. The number of halogens is 2. The maximum Gasteiger partial charge on any atom is 0.254 e. The molecule has 1 aromatic carbocycles. The normalized spacial score (nSPS) is 21.5. The first kappa shape index (κ1) is 17.5. The third-order valence-corrected chi connectivity index (χ3v) is 5.42. The lowest BCUT2D eigenvalue weighted by Gasteiger charge is -2.29. The van der Waals surface area contributed by atoms with Gasteiger partial charge in [-0.3, -0.25) is 4.90 Å². The average molecular weight is 361 g/mol. The number of hydroxylamine groups is 1. The maximum absolute atomic E-state index is 13.9. The van der Waals surface area contributed by atoms with Crippen LogP contribution in [0.1, 0.15) is 32.8 Å². The van der Waals surface area contributed by atoms with Gasteiger partial charge in [0.15, 0.2) is 6.21 Å². The Morgan fingerprint density at radius 1 is 1.55 bits per heavy atom. The molecule has 1 saturated heterocycles. The van der Waals surface area contributed by atoms with Gasteiger partial charge in [-0.2, -0.15) is 4.74 Å². The van der Waals surface area contributed by atoms with Gasteiger partial charge < -0.3 is 5.21 Å². The zero-order valence-electron chi connectivity index (χ0n) is 12.7. The second-order valence-electron chi connectivity index (χ2n) is 5.66. The third-order valence-electron chi connectivity index (χ3n) is 3.46. The second-order valence-corrected chi connectivity index (χ2v) is 8.36. The van der Waals surface area contributed by atoms with E-state index < -0.39 is 12.0 Å². The largest absolute Gasteiger partial charge is 0.622 e. The minimum absolute atomic E-state index is 0.106. The number of hydrogen-bond donors (Lipinski definition) is 0. The van der Waals surface area contributed by atoms with Gasteiger partial charge in [0.25, 0.3) is 6.17 Å². The van der Waals surface area contributed by atoms with E-state index in [0.29, 0.717) is 10.9 Å². The van der Waals surface area contributed by atoms with Crippen LogP contribution in [0.3, 0.4) is 0 Å². The summed E-state index contributed by atoms with van der Waals surface area (Å²) < 4.78 is 15.0. The number of thiocarbonyl (C=S) groups is 1. The summed E-state index contributed by atoms with van der Waals surface area (Å²) in [5.41, 5.74) is 0.106. The molecule has 1 aromatic rings. The second kappa shape index (κ2) is 6.72. The van der Waals surface area contributed by atoms with E-state index in [1.54, 1.807) is 6.07 Å². The lowest BCUT2D eigenvalue weighted by atomic mass is 10.1. The predicted octanol–water partition coefficient (Wildman–Crippen LogP) is 4.26. The molecule has 1 unspecified atom stereocenters. The van der Waals surface area contributed by atoms with Crippen LogP contribution in [-0.4, -0.2) is 37.6 Å². The van der Waals surface area contributed by atoms with Crippen LogP contribution in [0.4, 0.5) is 4.39 Å². The summed E-state index contributed by atoms with van der Waals surface area (Å²) in [6, 6.07) is 4.36. The van der Waals surface area contributed by atoms with Gasteiger partial charge in [0.1, 0.15) is 14.9 Å². The average Bonchev–Trinajstić information content (AvgIpc) is 2.64. The van der Waals surface area contributed by atoms with E-state index in [1.165, 1.54) is 30.1 Å². The standard InChI is InChI=1S/C15H18ClFN2OS2/c1-4-8-18-13(15(2,3)22-14(18)21)19(20)9-10-11(16)6-5-7-12(10)17/h5-7,9,13H,4,8H2,1-3H3/b19-9-. The van der Waals surface area contributed by atoms with Gasteiger partial charge in [-0.15, -0.1) is 0 Å². The Morgan fingerprint density at radius 2 is 2.23 bits per heavy atom. The van der Waals surface area contributed by atoms with Crippen molar-refractivity contribution in [3.05, 3.63) is 39.8 Å². The van der Waals surface area contributed by atoms with E-state index >= 15 is 0 Å². The monoisotopic (exact) mass is 360 g/mol.